The third-order valence-electron chi connectivity index (χ3n) is 5.26. The van der Waals surface area contributed by atoms with Crippen LogP contribution in [0.5, 0.6) is 11.5 Å². The molecule has 0 aliphatic carbocycles. The summed E-state index contributed by atoms with van der Waals surface area (Å²) >= 11 is 1.27. The number of methoxy groups -OCH3 is 2. The summed E-state index contributed by atoms with van der Waals surface area (Å²) in [5.74, 6) is 1.68. The molecule has 0 radical (unpaired) electrons. The number of nitrogens with one attached hydrogen (secondary N) is 1. The Hall–Kier alpha value is -2.87. The number of hydrogen-bond donors (Lipinski definition) is 1. The number of amides is 1. The van der Waals surface area contributed by atoms with Crippen molar-refractivity contribution in [3.05, 3.63) is 44.8 Å². The monoisotopic (exact) mass is 413 g/mol. The molecule has 8 heteroatoms. The van der Waals surface area contributed by atoms with Crippen LogP contribution in [0.2, 0.25) is 0 Å². The van der Waals surface area contributed by atoms with Crippen molar-refractivity contribution in [2.75, 3.05) is 19.5 Å². The summed E-state index contributed by atoms with van der Waals surface area (Å²) in [5.41, 5.74) is 1.23. The van der Waals surface area contributed by atoms with Crippen LogP contribution < -0.4 is 20.3 Å². The minimum Gasteiger partial charge on any atom is -0.493 e. The molecule has 4 rings (SSSR count). The molecule has 0 spiro atoms. The van der Waals surface area contributed by atoms with Crippen LogP contribution in [0.25, 0.3) is 10.2 Å². The number of aromatic nitrogens is 2. The Kier molecular flexibility index (Phi) is 5.27. The van der Waals surface area contributed by atoms with Gasteiger partial charge in [-0.1, -0.05) is 6.42 Å². The molecule has 0 fully saturated rings. The molecule has 7 nitrogen and oxygen atoms in total. The van der Waals surface area contributed by atoms with Crippen molar-refractivity contribution in [1.29, 1.82) is 0 Å². The lowest BCUT2D eigenvalue weighted by molar-refractivity contribution is 0.103. The van der Waals surface area contributed by atoms with Crippen molar-refractivity contribution < 1.29 is 14.3 Å². The van der Waals surface area contributed by atoms with E-state index < -0.39 is 0 Å². The largest absolute Gasteiger partial charge is 0.493 e. The molecule has 0 saturated carbocycles. The standard InChI is InChI=1S/C21H23N3O4S/c1-12-17-20(23-16-7-5-4-6-10-24(16)21(17)26)29-18(12)19(25)22-13-8-9-14(27-2)15(11-13)28-3/h8-9,11H,4-7,10H2,1-3H3,(H,22,25). The van der Waals surface area contributed by atoms with Gasteiger partial charge in [-0.05, 0) is 37.5 Å². The van der Waals surface area contributed by atoms with Crippen molar-refractivity contribution in [2.24, 2.45) is 0 Å². The molecule has 0 saturated heterocycles. The number of aryl methyl sites for hydroxylation is 2. The molecular formula is C21H23N3O4S. The molecule has 1 aromatic carbocycles. The lowest BCUT2D eigenvalue weighted by Gasteiger charge is -2.10. The smallest absolute Gasteiger partial charge is 0.266 e. The van der Waals surface area contributed by atoms with Gasteiger partial charge < -0.3 is 14.8 Å². The van der Waals surface area contributed by atoms with Gasteiger partial charge in [-0.15, -0.1) is 11.3 Å². The van der Waals surface area contributed by atoms with E-state index in [9.17, 15) is 9.59 Å². The van der Waals surface area contributed by atoms with Crippen LogP contribution in [-0.2, 0) is 13.0 Å². The van der Waals surface area contributed by atoms with Gasteiger partial charge in [-0.3, -0.25) is 14.2 Å². The second-order valence-electron chi connectivity index (χ2n) is 7.06. The average Bonchev–Trinajstić information content (AvgIpc) is 2.89. The van der Waals surface area contributed by atoms with E-state index in [1.54, 1.807) is 37.0 Å². The second-order valence-corrected chi connectivity index (χ2v) is 8.05. The van der Waals surface area contributed by atoms with E-state index in [0.717, 1.165) is 31.5 Å². The first kappa shape index (κ1) is 19.4. The number of anilines is 1. The Morgan fingerprint density at radius 2 is 1.97 bits per heavy atom. The van der Waals surface area contributed by atoms with Gasteiger partial charge in [-0.2, -0.15) is 0 Å². The number of ether oxygens (including phenoxy) is 2. The third kappa shape index (κ3) is 3.48. The van der Waals surface area contributed by atoms with Crippen LogP contribution >= 0.6 is 11.3 Å². The zero-order valence-electron chi connectivity index (χ0n) is 16.7. The Morgan fingerprint density at radius 1 is 1.17 bits per heavy atom. The second kappa shape index (κ2) is 7.87. The van der Waals surface area contributed by atoms with E-state index in [-0.39, 0.29) is 11.5 Å². The fraction of sp³-hybridized carbons (Fsp3) is 0.381. The van der Waals surface area contributed by atoms with Crippen LogP contribution in [0.4, 0.5) is 5.69 Å². The molecule has 0 atom stereocenters. The number of rotatable bonds is 4. The molecular weight excluding hydrogens is 390 g/mol. The third-order valence-corrected chi connectivity index (χ3v) is 6.44. The highest BCUT2D eigenvalue weighted by atomic mass is 32.1. The molecule has 0 unspecified atom stereocenters. The van der Waals surface area contributed by atoms with Gasteiger partial charge in [0, 0.05) is 24.7 Å². The number of carbonyl (C=O) groups is 1. The fourth-order valence-corrected chi connectivity index (χ4v) is 4.81. The molecule has 1 aliphatic heterocycles. The quantitative estimate of drug-likeness (QED) is 0.704. The number of fused-ring (bicyclic) bond motifs is 2. The summed E-state index contributed by atoms with van der Waals surface area (Å²) in [4.78, 5) is 31.9. The Bertz CT molecular complexity index is 1150. The van der Waals surface area contributed by atoms with Gasteiger partial charge >= 0.3 is 0 Å². The van der Waals surface area contributed by atoms with Gasteiger partial charge in [0.05, 0.1) is 24.5 Å². The highest BCUT2D eigenvalue weighted by molar-refractivity contribution is 7.20. The van der Waals surface area contributed by atoms with Crippen LogP contribution in [-0.4, -0.2) is 29.7 Å². The van der Waals surface area contributed by atoms with E-state index >= 15 is 0 Å². The summed E-state index contributed by atoms with van der Waals surface area (Å²) in [6.45, 7) is 2.51. The van der Waals surface area contributed by atoms with Crippen molar-refractivity contribution in [1.82, 2.24) is 9.55 Å². The lowest BCUT2D eigenvalue weighted by atomic mass is 10.2. The minimum absolute atomic E-state index is 0.0363. The van der Waals surface area contributed by atoms with E-state index in [1.165, 1.54) is 11.3 Å². The van der Waals surface area contributed by atoms with Crippen LogP contribution in [0.15, 0.2) is 23.0 Å². The molecule has 3 heterocycles. The predicted molar refractivity (Wildman–Crippen MR) is 114 cm³/mol. The molecule has 29 heavy (non-hydrogen) atoms. The number of hydrogen-bond acceptors (Lipinski definition) is 6. The summed E-state index contributed by atoms with van der Waals surface area (Å²) < 4.78 is 12.3. The average molecular weight is 413 g/mol. The molecule has 152 valence electrons. The van der Waals surface area contributed by atoms with E-state index in [1.807, 2.05) is 6.92 Å². The van der Waals surface area contributed by atoms with Gasteiger partial charge in [0.15, 0.2) is 11.5 Å². The first-order chi connectivity index (χ1) is 14.0. The van der Waals surface area contributed by atoms with E-state index in [2.05, 4.69) is 5.32 Å². The molecule has 0 bridgehead atoms. The van der Waals surface area contributed by atoms with E-state index in [0.29, 0.717) is 44.4 Å². The fourth-order valence-electron chi connectivity index (χ4n) is 3.73. The Balaban J connectivity index is 1.71. The number of carbonyl (C=O) groups excluding carboxylic acids is 1. The van der Waals surface area contributed by atoms with Gasteiger partial charge in [0.1, 0.15) is 10.7 Å². The molecule has 1 N–H and O–H groups in total. The Morgan fingerprint density at radius 3 is 2.72 bits per heavy atom. The summed E-state index contributed by atoms with van der Waals surface area (Å²) in [7, 11) is 3.10. The highest BCUT2D eigenvalue weighted by Crippen LogP contribution is 2.32. The zero-order chi connectivity index (χ0) is 20.5. The summed E-state index contributed by atoms with van der Waals surface area (Å²) in [6, 6.07) is 5.18. The SMILES string of the molecule is COc1ccc(NC(=O)c2sc3nc4n(c(=O)c3c2C)CCCCC4)cc1OC. The molecule has 2 aromatic heterocycles. The van der Waals surface area contributed by atoms with Crippen molar-refractivity contribution in [3.8, 4) is 11.5 Å². The van der Waals surface area contributed by atoms with Crippen molar-refractivity contribution >= 4 is 33.1 Å². The maximum Gasteiger partial charge on any atom is 0.266 e. The Labute approximate surface area is 172 Å². The summed E-state index contributed by atoms with van der Waals surface area (Å²) in [5, 5.41) is 3.44. The van der Waals surface area contributed by atoms with Crippen LogP contribution in [0, 0.1) is 6.92 Å². The van der Waals surface area contributed by atoms with Gasteiger partial charge in [0.25, 0.3) is 11.5 Å². The van der Waals surface area contributed by atoms with Gasteiger partial charge in [0.2, 0.25) is 0 Å². The number of nitrogens with zero attached hydrogens (tertiary/aromatic N) is 2. The normalized spacial score (nSPS) is 13.6. The zero-order valence-corrected chi connectivity index (χ0v) is 17.5. The van der Waals surface area contributed by atoms with Crippen LogP contribution in [0.3, 0.4) is 0 Å². The van der Waals surface area contributed by atoms with Crippen LogP contribution in [0.1, 0.15) is 40.3 Å². The van der Waals surface area contributed by atoms with Crippen molar-refractivity contribution in [3.63, 3.8) is 0 Å². The molecule has 3 aromatic rings. The number of thiophene rings is 1. The lowest BCUT2D eigenvalue weighted by Crippen LogP contribution is -2.24. The van der Waals surface area contributed by atoms with Crippen molar-refractivity contribution in [2.45, 2.75) is 39.2 Å². The number of benzene rings is 1. The minimum atomic E-state index is -0.266. The molecule has 1 amide bonds. The summed E-state index contributed by atoms with van der Waals surface area (Å²) in [6.07, 6.45) is 3.93. The molecule has 1 aliphatic rings. The van der Waals surface area contributed by atoms with E-state index in [4.69, 9.17) is 14.5 Å². The predicted octanol–water partition coefficient (Wildman–Crippen LogP) is 3.76. The van der Waals surface area contributed by atoms with Gasteiger partial charge in [-0.25, -0.2) is 4.98 Å². The maximum atomic E-state index is 13.1. The first-order valence-electron chi connectivity index (χ1n) is 9.59. The first-order valence-corrected chi connectivity index (χ1v) is 10.4. The topological polar surface area (TPSA) is 82.5 Å². The maximum absolute atomic E-state index is 13.1. The highest BCUT2D eigenvalue weighted by Gasteiger charge is 2.22.